The van der Waals surface area contributed by atoms with Gasteiger partial charge in [0, 0.05) is 6.42 Å². The molecular formula is C15H22O2. The molecule has 17 heavy (non-hydrogen) atoms. The highest BCUT2D eigenvalue weighted by molar-refractivity contribution is 5.11. The second-order valence-electron chi connectivity index (χ2n) is 4.62. The quantitative estimate of drug-likeness (QED) is 0.598. The van der Waals surface area contributed by atoms with E-state index in [-0.39, 0.29) is 12.2 Å². The van der Waals surface area contributed by atoms with E-state index in [1.165, 1.54) is 5.57 Å². The van der Waals surface area contributed by atoms with Gasteiger partial charge in [-0.1, -0.05) is 23.8 Å². The summed E-state index contributed by atoms with van der Waals surface area (Å²) in [5.41, 5.74) is 1.22. The van der Waals surface area contributed by atoms with Crippen LogP contribution in [0.25, 0.3) is 0 Å². The average molecular weight is 234 g/mol. The van der Waals surface area contributed by atoms with Gasteiger partial charge in [0.15, 0.2) is 0 Å². The Morgan fingerprint density at radius 2 is 2.24 bits per heavy atom. The van der Waals surface area contributed by atoms with Crippen molar-refractivity contribution in [3.05, 3.63) is 23.8 Å². The van der Waals surface area contributed by atoms with Crippen LogP contribution < -0.4 is 0 Å². The number of aliphatic hydroxyl groups excluding tert-OH is 1. The van der Waals surface area contributed by atoms with Crippen molar-refractivity contribution in [3.63, 3.8) is 0 Å². The van der Waals surface area contributed by atoms with Crippen LogP contribution in [-0.2, 0) is 4.74 Å². The molecule has 94 valence electrons. The predicted molar refractivity (Wildman–Crippen MR) is 70.5 cm³/mol. The summed E-state index contributed by atoms with van der Waals surface area (Å²) in [7, 11) is 0. The summed E-state index contributed by atoms with van der Waals surface area (Å²) in [5, 5.41) is 9.93. The van der Waals surface area contributed by atoms with Crippen LogP contribution in [0.3, 0.4) is 0 Å². The third-order valence-corrected chi connectivity index (χ3v) is 2.77. The van der Waals surface area contributed by atoms with E-state index in [2.05, 4.69) is 11.8 Å². The number of ether oxygens (including phenoxy) is 1. The Bertz CT molecular complexity index is 340. The molecule has 1 fully saturated rings. The van der Waals surface area contributed by atoms with Crippen LogP contribution in [0.4, 0.5) is 0 Å². The van der Waals surface area contributed by atoms with Gasteiger partial charge >= 0.3 is 0 Å². The Kier molecular flexibility index (Phi) is 6.04. The van der Waals surface area contributed by atoms with Crippen LogP contribution in [-0.4, -0.2) is 23.4 Å². The fraction of sp³-hybridized carbons (Fsp3) is 0.600. The van der Waals surface area contributed by atoms with Crippen LogP contribution in [0, 0.1) is 11.8 Å². The second kappa shape index (κ2) is 7.32. The van der Waals surface area contributed by atoms with Crippen LogP contribution >= 0.6 is 0 Å². The zero-order chi connectivity index (χ0) is 12.7. The lowest BCUT2D eigenvalue weighted by Gasteiger charge is -2.15. The lowest BCUT2D eigenvalue weighted by Crippen LogP contribution is -2.24. The largest absolute Gasteiger partial charge is 0.386 e. The Morgan fingerprint density at radius 3 is 2.88 bits per heavy atom. The standard InChI is InChI=1S/C15H22O2/c1-4-5-8-13-10-11-15(17-13)14(16)9-6-7-12(2)3/h6-7,9,13-16H,8,10-11H2,1-3H3/b9-6+/t13-,14+,15+/m0/s1. The molecule has 2 nitrogen and oxygen atoms in total. The maximum atomic E-state index is 9.93. The van der Waals surface area contributed by atoms with Gasteiger partial charge in [0.1, 0.15) is 0 Å². The average Bonchev–Trinajstić information content (AvgIpc) is 2.74. The summed E-state index contributed by atoms with van der Waals surface area (Å²) in [5.74, 6) is 5.89. The minimum Gasteiger partial charge on any atom is -0.386 e. The molecular weight excluding hydrogens is 212 g/mol. The molecule has 0 saturated carbocycles. The van der Waals surface area contributed by atoms with Gasteiger partial charge < -0.3 is 9.84 Å². The Morgan fingerprint density at radius 1 is 1.47 bits per heavy atom. The van der Waals surface area contributed by atoms with Gasteiger partial charge in [0.25, 0.3) is 0 Å². The molecule has 0 aromatic rings. The molecule has 0 aromatic heterocycles. The number of aliphatic hydroxyl groups is 1. The SMILES string of the molecule is CC#CC[C@H]1CC[C@H]([C@H](O)/C=C/C=C(C)C)O1. The van der Waals surface area contributed by atoms with Gasteiger partial charge in [-0.25, -0.2) is 0 Å². The molecule has 0 bridgehead atoms. The van der Waals surface area contributed by atoms with Crippen molar-refractivity contribution in [1.29, 1.82) is 0 Å². The molecule has 1 aliphatic heterocycles. The highest BCUT2D eigenvalue weighted by atomic mass is 16.5. The summed E-state index contributed by atoms with van der Waals surface area (Å²) >= 11 is 0. The van der Waals surface area contributed by atoms with Crippen molar-refractivity contribution in [3.8, 4) is 11.8 Å². The van der Waals surface area contributed by atoms with Gasteiger partial charge in [-0.05, 0) is 33.6 Å². The monoisotopic (exact) mass is 234 g/mol. The van der Waals surface area contributed by atoms with E-state index in [1.54, 1.807) is 6.08 Å². The van der Waals surface area contributed by atoms with Crippen LogP contribution in [0.2, 0.25) is 0 Å². The molecule has 0 unspecified atom stereocenters. The summed E-state index contributed by atoms with van der Waals surface area (Å²) < 4.78 is 5.76. The van der Waals surface area contributed by atoms with E-state index >= 15 is 0 Å². The summed E-state index contributed by atoms with van der Waals surface area (Å²) in [4.78, 5) is 0. The maximum absolute atomic E-state index is 9.93. The molecule has 1 N–H and O–H groups in total. The zero-order valence-electron chi connectivity index (χ0n) is 10.9. The number of hydrogen-bond donors (Lipinski definition) is 1. The van der Waals surface area contributed by atoms with Crippen molar-refractivity contribution in [2.75, 3.05) is 0 Å². The smallest absolute Gasteiger partial charge is 0.0985 e. The Balaban J connectivity index is 2.39. The molecule has 1 rings (SSSR count). The van der Waals surface area contributed by atoms with Crippen molar-refractivity contribution >= 4 is 0 Å². The molecule has 0 radical (unpaired) electrons. The first-order valence-electron chi connectivity index (χ1n) is 6.18. The highest BCUT2D eigenvalue weighted by Gasteiger charge is 2.28. The first kappa shape index (κ1) is 14.0. The van der Waals surface area contributed by atoms with Crippen LogP contribution in [0.1, 0.15) is 40.0 Å². The van der Waals surface area contributed by atoms with E-state index in [0.717, 1.165) is 19.3 Å². The van der Waals surface area contributed by atoms with Crippen molar-refractivity contribution in [1.82, 2.24) is 0 Å². The molecule has 0 aliphatic carbocycles. The number of hydrogen-bond acceptors (Lipinski definition) is 2. The fourth-order valence-corrected chi connectivity index (χ4v) is 1.84. The normalized spacial score (nSPS) is 25.4. The van der Waals surface area contributed by atoms with Crippen molar-refractivity contribution in [2.24, 2.45) is 0 Å². The number of rotatable bonds is 4. The predicted octanol–water partition coefficient (Wildman–Crippen LogP) is 2.83. The van der Waals surface area contributed by atoms with Crippen molar-refractivity contribution in [2.45, 2.75) is 58.3 Å². The lowest BCUT2D eigenvalue weighted by atomic mass is 10.1. The van der Waals surface area contributed by atoms with Gasteiger partial charge in [0.05, 0.1) is 18.3 Å². The Labute approximate surface area is 104 Å². The minimum atomic E-state index is -0.509. The minimum absolute atomic E-state index is 0.0690. The topological polar surface area (TPSA) is 29.5 Å². The fourth-order valence-electron chi connectivity index (χ4n) is 1.84. The lowest BCUT2D eigenvalue weighted by molar-refractivity contribution is -0.0134. The zero-order valence-corrected chi connectivity index (χ0v) is 10.9. The molecule has 1 heterocycles. The summed E-state index contributed by atoms with van der Waals surface area (Å²) in [6.07, 6.45) is 7.97. The molecule has 0 spiro atoms. The van der Waals surface area contributed by atoms with Gasteiger partial charge in [-0.3, -0.25) is 0 Å². The van der Waals surface area contributed by atoms with Crippen LogP contribution in [0.5, 0.6) is 0 Å². The number of allylic oxidation sites excluding steroid dienone is 3. The highest BCUT2D eigenvalue weighted by Crippen LogP contribution is 2.24. The molecule has 1 aliphatic rings. The van der Waals surface area contributed by atoms with Crippen molar-refractivity contribution < 1.29 is 9.84 Å². The molecule has 0 aromatic carbocycles. The molecule has 1 saturated heterocycles. The maximum Gasteiger partial charge on any atom is 0.0985 e. The Hall–Kier alpha value is -1.04. The molecule has 0 amide bonds. The third-order valence-electron chi connectivity index (χ3n) is 2.77. The molecule has 2 heteroatoms. The third kappa shape index (κ3) is 5.21. The van der Waals surface area contributed by atoms with E-state index in [4.69, 9.17) is 4.74 Å². The van der Waals surface area contributed by atoms with Gasteiger partial charge in [-0.15, -0.1) is 11.8 Å². The van der Waals surface area contributed by atoms with E-state index < -0.39 is 6.10 Å². The van der Waals surface area contributed by atoms with Gasteiger partial charge in [-0.2, -0.15) is 0 Å². The van der Waals surface area contributed by atoms with E-state index in [9.17, 15) is 5.11 Å². The van der Waals surface area contributed by atoms with Gasteiger partial charge in [0.2, 0.25) is 0 Å². The molecule has 3 atom stereocenters. The first-order valence-corrected chi connectivity index (χ1v) is 6.18. The van der Waals surface area contributed by atoms with E-state index in [1.807, 2.05) is 32.9 Å². The van der Waals surface area contributed by atoms with Crippen LogP contribution in [0.15, 0.2) is 23.8 Å². The van der Waals surface area contributed by atoms with E-state index in [0.29, 0.717) is 0 Å². The second-order valence-corrected chi connectivity index (χ2v) is 4.62. The summed E-state index contributed by atoms with van der Waals surface area (Å²) in [6.45, 7) is 5.90. The first-order chi connectivity index (χ1) is 8.13. The summed E-state index contributed by atoms with van der Waals surface area (Å²) in [6, 6.07) is 0.